The molecule has 0 bridgehead atoms. The van der Waals surface area contributed by atoms with Crippen molar-refractivity contribution in [3.05, 3.63) is 59.0 Å². The summed E-state index contributed by atoms with van der Waals surface area (Å²) in [7, 11) is 0. The average molecular weight is 450 g/mol. The van der Waals surface area contributed by atoms with Crippen LogP contribution < -0.4 is 16.0 Å². The van der Waals surface area contributed by atoms with Crippen LogP contribution >= 0.6 is 11.8 Å². The zero-order valence-electron chi connectivity index (χ0n) is 17.0. The number of aromatic nitrogens is 2. The monoisotopic (exact) mass is 449 g/mol. The first-order valence-corrected chi connectivity index (χ1v) is 11.1. The highest BCUT2D eigenvalue weighted by Gasteiger charge is 2.25. The van der Waals surface area contributed by atoms with Crippen molar-refractivity contribution in [1.29, 1.82) is 0 Å². The molecule has 0 atom stereocenters. The molecule has 3 N–H and O–H groups in total. The summed E-state index contributed by atoms with van der Waals surface area (Å²) in [5, 5.41) is 2.58. The van der Waals surface area contributed by atoms with Crippen LogP contribution in [0.15, 0.2) is 47.6 Å². The summed E-state index contributed by atoms with van der Waals surface area (Å²) < 4.78 is 15.0. The van der Waals surface area contributed by atoms with Gasteiger partial charge in [0.05, 0.1) is 21.8 Å². The maximum absolute atomic E-state index is 15.0. The number of piperidine rings is 1. The van der Waals surface area contributed by atoms with E-state index in [-0.39, 0.29) is 11.9 Å². The lowest BCUT2D eigenvalue weighted by Crippen LogP contribution is -2.40. The molecule has 0 aliphatic carbocycles. The van der Waals surface area contributed by atoms with E-state index in [9.17, 15) is 9.59 Å². The first-order valence-electron chi connectivity index (χ1n) is 10.3. The number of imide groups is 1. The lowest BCUT2D eigenvalue weighted by atomic mass is 10.0. The highest BCUT2D eigenvalue weighted by atomic mass is 32.2. The molecule has 0 saturated carbocycles. The number of nitrogens with one attached hydrogen (secondary N) is 1. The number of anilines is 1. The quantitative estimate of drug-likeness (QED) is 0.588. The molecule has 0 unspecified atom stereocenters. The van der Waals surface area contributed by atoms with Gasteiger partial charge in [-0.25, -0.2) is 14.4 Å². The minimum absolute atomic E-state index is 0.178. The Morgan fingerprint density at radius 1 is 1.12 bits per heavy atom. The van der Waals surface area contributed by atoms with E-state index in [1.54, 1.807) is 12.1 Å². The lowest BCUT2D eigenvalue weighted by molar-refractivity contribution is -0.115. The van der Waals surface area contributed by atoms with Crippen LogP contribution in [0.4, 0.5) is 14.9 Å². The maximum Gasteiger partial charge on any atom is 0.290 e. The van der Waals surface area contributed by atoms with Gasteiger partial charge in [-0.2, -0.15) is 0 Å². The predicted octanol–water partition coefficient (Wildman–Crippen LogP) is 3.69. The van der Waals surface area contributed by atoms with E-state index in [4.69, 9.17) is 5.73 Å². The van der Waals surface area contributed by atoms with Crippen molar-refractivity contribution in [2.24, 2.45) is 5.73 Å². The fraction of sp³-hybridized carbons (Fsp3) is 0.217. The SMILES string of the molecule is NC1CCN(c2ccc(-c3ncnc4ccc(/C=C5\SC(=O)NC5=O)cc34)cc2F)CC1. The van der Waals surface area contributed by atoms with Crippen LogP contribution in [-0.4, -0.2) is 40.2 Å². The van der Waals surface area contributed by atoms with Crippen LogP contribution in [0.3, 0.4) is 0 Å². The fourth-order valence-electron chi connectivity index (χ4n) is 4.02. The normalized spacial score (nSPS) is 18.6. The molecular formula is C23H20FN5O2S. The van der Waals surface area contributed by atoms with Gasteiger partial charge in [-0.15, -0.1) is 0 Å². The van der Waals surface area contributed by atoms with Crippen LogP contribution in [0.5, 0.6) is 0 Å². The molecule has 3 aromatic rings. The highest BCUT2D eigenvalue weighted by Crippen LogP contribution is 2.32. The van der Waals surface area contributed by atoms with Crippen LogP contribution in [0, 0.1) is 5.82 Å². The summed E-state index contributed by atoms with van der Waals surface area (Å²) in [6.07, 6.45) is 4.79. The molecule has 1 aromatic heterocycles. The van der Waals surface area contributed by atoms with Crippen molar-refractivity contribution >= 4 is 45.6 Å². The molecule has 2 aliphatic rings. The molecular weight excluding hydrogens is 429 g/mol. The molecule has 0 spiro atoms. The van der Waals surface area contributed by atoms with Crippen molar-refractivity contribution in [2.45, 2.75) is 18.9 Å². The molecule has 162 valence electrons. The van der Waals surface area contributed by atoms with Crippen LogP contribution in [0.25, 0.3) is 28.2 Å². The number of carbonyl (C=O) groups is 2. The Labute approximate surface area is 187 Å². The van der Waals surface area contributed by atoms with Gasteiger partial charge in [-0.05, 0) is 60.5 Å². The summed E-state index contributed by atoms with van der Waals surface area (Å²) in [6.45, 7) is 1.47. The molecule has 0 radical (unpaired) electrons. The number of hydrogen-bond donors (Lipinski definition) is 2. The molecule has 2 aromatic carbocycles. The number of amides is 2. The van der Waals surface area contributed by atoms with E-state index >= 15 is 4.39 Å². The van der Waals surface area contributed by atoms with Gasteiger partial charge in [0.25, 0.3) is 11.1 Å². The second-order valence-corrected chi connectivity index (χ2v) is 8.86. The lowest BCUT2D eigenvalue weighted by Gasteiger charge is -2.32. The molecule has 7 nitrogen and oxygen atoms in total. The molecule has 32 heavy (non-hydrogen) atoms. The number of fused-ring (bicyclic) bond motifs is 1. The topological polar surface area (TPSA) is 101 Å². The van der Waals surface area contributed by atoms with Crippen molar-refractivity contribution in [3.8, 4) is 11.3 Å². The molecule has 2 aliphatic heterocycles. The third-order valence-electron chi connectivity index (χ3n) is 5.70. The number of benzene rings is 2. The van der Waals surface area contributed by atoms with E-state index in [1.807, 2.05) is 29.2 Å². The average Bonchev–Trinajstić information content (AvgIpc) is 3.10. The third kappa shape index (κ3) is 3.96. The largest absolute Gasteiger partial charge is 0.369 e. The molecule has 2 saturated heterocycles. The number of hydrogen-bond acceptors (Lipinski definition) is 7. The van der Waals surface area contributed by atoms with Crippen molar-refractivity contribution in [2.75, 3.05) is 18.0 Å². The Morgan fingerprint density at radius 2 is 1.94 bits per heavy atom. The molecule has 3 heterocycles. The van der Waals surface area contributed by atoms with Crippen molar-refractivity contribution < 1.29 is 14.0 Å². The Kier molecular flexibility index (Phi) is 5.36. The van der Waals surface area contributed by atoms with Gasteiger partial charge in [0.15, 0.2) is 0 Å². The number of carbonyl (C=O) groups excluding carboxylic acids is 2. The Morgan fingerprint density at radius 3 is 2.66 bits per heavy atom. The first kappa shape index (κ1) is 20.6. The minimum Gasteiger partial charge on any atom is -0.369 e. The van der Waals surface area contributed by atoms with Gasteiger partial charge in [0.2, 0.25) is 0 Å². The maximum atomic E-state index is 15.0. The summed E-state index contributed by atoms with van der Waals surface area (Å²) in [5.41, 5.74) is 9.20. The minimum atomic E-state index is -0.416. The Balaban J connectivity index is 1.51. The molecule has 5 rings (SSSR count). The molecule has 9 heteroatoms. The first-order chi connectivity index (χ1) is 15.5. The third-order valence-corrected chi connectivity index (χ3v) is 6.51. The second-order valence-electron chi connectivity index (χ2n) is 7.84. The standard InChI is InChI=1S/C23H20FN5O2S/c24-17-11-14(2-4-19(17)29-7-5-15(25)6-8-29)21-16-9-13(1-3-18(16)26-12-27-21)10-20-22(30)28-23(31)32-20/h1-4,9-12,15H,5-8,25H2,(H,28,30,31)/b20-10-. The van der Waals surface area contributed by atoms with E-state index in [1.165, 1.54) is 12.4 Å². The van der Waals surface area contributed by atoms with Gasteiger partial charge >= 0.3 is 0 Å². The summed E-state index contributed by atoms with van der Waals surface area (Å²) in [4.78, 5) is 34.3. The zero-order valence-corrected chi connectivity index (χ0v) is 17.9. The van der Waals surface area contributed by atoms with Gasteiger partial charge < -0.3 is 10.6 Å². The van der Waals surface area contributed by atoms with E-state index < -0.39 is 11.1 Å². The second kappa shape index (κ2) is 8.33. The van der Waals surface area contributed by atoms with Gasteiger partial charge in [0, 0.05) is 30.1 Å². The van der Waals surface area contributed by atoms with Crippen molar-refractivity contribution in [1.82, 2.24) is 15.3 Å². The van der Waals surface area contributed by atoms with E-state index in [0.717, 1.165) is 48.6 Å². The fourth-order valence-corrected chi connectivity index (χ4v) is 4.70. The summed E-state index contributed by atoms with van der Waals surface area (Å²) in [5.74, 6) is -0.721. The van der Waals surface area contributed by atoms with Gasteiger partial charge in [0.1, 0.15) is 12.1 Å². The number of rotatable bonds is 3. The Bertz CT molecular complexity index is 1270. The molecule has 2 amide bonds. The van der Waals surface area contributed by atoms with Crippen LogP contribution in [0.2, 0.25) is 0 Å². The van der Waals surface area contributed by atoms with Gasteiger partial charge in [-0.1, -0.05) is 12.1 Å². The predicted molar refractivity (Wildman–Crippen MR) is 123 cm³/mol. The molecule has 2 fully saturated rings. The van der Waals surface area contributed by atoms with E-state index in [0.29, 0.717) is 27.4 Å². The van der Waals surface area contributed by atoms with Crippen LogP contribution in [0.1, 0.15) is 18.4 Å². The number of nitrogens with two attached hydrogens (primary N) is 1. The van der Waals surface area contributed by atoms with Crippen LogP contribution in [-0.2, 0) is 4.79 Å². The van der Waals surface area contributed by atoms with Crippen molar-refractivity contribution in [3.63, 3.8) is 0 Å². The highest BCUT2D eigenvalue weighted by molar-refractivity contribution is 8.18. The smallest absolute Gasteiger partial charge is 0.290 e. The van der Waals surface area contributed by atoms with E-state index in [2.05, 4.69) is 15.3 Å². The number of nitrogens with zero attached hydrogens (tertiary/aromatic N) is 3. The summed E-state index contributed by atoms with van der Waals surface area (Å²) in [6, 6.07) is 10.8. The Hall–Kier alpha value is -3.30. The van der Waals surface area contributed by atoms with Gasteiger partial charge in [-0.3, -0.25) is 14.9 Å². The summed E-state index contributed by atoms with van der Waals surface area (Å²) >= 11 is 0.860. The zero-order chi connectivity index (χ0) is 22.2. The number of thioether (sulfide) groups is 1. The number of halogens is 1.